The number of methoxy groups -OCH3 is 1. The second kappa shape index (κ2) is 8.29. The normalized spacial score (nSPS) is 18.6. The summed E-state index contributed by atoms with van der Waals surface area (Å²) in [6.45, 7) is 0.0809. The Labute approximate surface area is 208 Å². The van der Waals surface area contributed by atoms with Crippen LogP contribution in [0.2, 0.25) is 0 Å². The van der Waals surface area contributed by atoms with Crippen molar-refractivity contribution in [2.24, 2.45) is 0 Å². The number of carbonyl (C=O) groups excluding carboxylic acids is 3. The molecule has 1 saturated heterocycles. The summed E-state index contributed by atoms with van der Waals surface area (Å²) in [5, 5.41) is 7.85. The Hall–Kier alpha value is -5.00. The zero-order valence-electron chi connectivity index (χ0n) is 19.4. The van der Waals surface area contributed by atoms with Gasteiger partial charge < -0.3 is 24.7 Å². The lowest BCUT2D eigenvalue weighted by atomic mass is 9.95. The maximum Gasteiger partial charge on any atom is 0.322 e. The summed E-state index contributed by atoms with van der Waals surface area (Å²) in [6, 6.07) is 10.5. The standard InChI is InChI=1S/C25H19FN6O5/c1-36-16-3-2-13-11-32(22(33)17(13)7-16)12-25(23(34)30-24(35)31-25)20-8-18-19(37-20)4-5-21(29-18)28-15-6-14(26)9-27-10-15/h2-10H,11-12H2,1H3,(H,28,29)(H2,30,31,34,35)/t25-/m0/s1. The van der Waals surface area contributed by atoms with Crippen LogP contribution in [0.3, 0.4) is 0 Å². The van der Waals surface area contributed by atoms with Crippen molar-refractivity contribution in [3.05, 3.63) is 77.6 Å². The third kappa shape index (κ3) is 3.78. The number of ether oxygens (including phenoxy) is 1. The van der Waals surface area contributed by atoms with Gasteiger partial charge in [-0.25, -0.2) is 14.2 Å². The third-order valence-corrected chi connectivity index (χ3v) is 6.34. The van der Waals surface area contributed by atoms with E-state index < -0.39 is 23.3 Å². The van der Waals surface area contributed by atoms with Gasteiger partial charge in [-0.3, -0.25) is 19.9 Å². The first kappa shape index (κ1) is 22.5. The Morgan fingerprint density at radius 2 is 2.03 bits per heavy atom. The van der Waals surface area contributed by atoms with Crippen LogP contribution in [0.5, 0.6) is 5.75 Å². The lowest BCUT2D eigenvalue weighted by molar-refractivity contribution is -0.125. The fraction of sp³-hybridized carbons (Fsp3) is 0.160. The number of nitrogens with zero attached hydrogens (tertiary/aromatic N) is 3. The van der Waals surface area contributed by atoms with Crippen molar-refractivity contribution in [1.29, 1.82) is 0 Å². The highest BCUT2D eigenvalue weighted by molar-refractivity contribution is 6.08. The van der Waals surface area contributed by atoms with E-state index in [2.05, 4.69) is 25.9 Å². The molecule has 186 valence electrons. The molecular formula is C25H19FN6O5. The molecule has 11 nitrogen and oxygen atoms in total. The minimum atomic E-state index is -1.67. The van der Waals surface area contributed by atoms with E-state index in [1.54, 1.807) is 30.3 Å². The molecule has 0 aliphatic carbocycles. The number of pyridine rings is 2. The molecule has 6 rings (SSSR count). The van der Waals surface area contributed by atoms with Gasteiger partial charge in [0, 0.05) is 24.2 Å². The van der Waals surface area contributed by atoms with Crippen molar-refractivity contribution in [2.45, 2.75) is 12.1 Å². The molecule has 2 aliphatic heterocycles. The van der Waals surface area contributed by atoms with Crippen LogP contribution in [0.4, 0.5) is 20.7 Å². The SMILES string of the molecule is COc1ccc2c(c1)C(=O)N(C[C@@]1(c3cc4nc(Nc5cncc(F)c5)ccc4o3)NC(=O)NC1=O)C2. The summed E-state index contributed by atoms with van der Waals surface area (Å²) in [5.74, 6) is -0.408. The first-order valence-electron chi connectivity index (χ1n) is 11.2. The van der Waals surface area contributed by atoms with Crippen molar-refractivity contribution >= 4 is 40.5 Å². The van der Waals surface area contributed by atoms with Gasteiger partial charge >= 0.3 is 6.03 Å². The van der Waals surface area contributed by atoms with Crippen LogP contribution < -0.4 is 20.7 Å². The fourth-order valence-electron chi connectivity index (χ4n) is 4.57. The van der Waals surface area contributed by atoms with E-state index in [9.17, 15) is 18.8 Å². The molecule has 0 radical (unpaired) electrons. The molecule has 4 aromatic rings. The van der Waals surface area contributed by atoms with Gasteiger partial charge in [0.2, 0.25) is 0 Å². The van der Waals surface area contributed by atoms with Crippen LogP contribution in [0.25, 0.3) is 11.1 Å². The molecule has 0 bridgehead atoms. The Kier molecular flexibility index (Phi) is 5.04. The number of urea groups is 1. The highest BCUT2D eigenvalue weighted by Crippen LogP contribution is 2.35. The molecule has 1 aromatic carbocycles. The summed E-state index contributed by atoms with van der Waals surface area (Å²) in [7, 11) is 1.51. The highest BCUT2D eigenvalue weighted by Gasteiger charge is 2.53. The quantitative estimate of drug-likeness (QED) is 0.342. The van der Waals surface area contributed by atoms with Gasteiger partial charge in [0.25, 0.3) is 11.8 Å². The van der Waals surface area contributed by atoms with Gasteiger partial charge in [0.05, 0.1) is 31.7 Å². The van der Waals surface area contributed by atoms with E-state index in [0.29, 0.717) is 33.9 Å². The minimum Gasteiger partial charge on any atom is -0.497 e. The first-order chi connectivity index (χ1) is 17.8. The van der Waals surface area contributed by atoms with E-state index in [4.69, 9.17) is 9.15 Å². The molecule has 4 amide bonds. The van der Waals surface area contributed by atoms with Crippen molar-refractivity contribution < 1.29 is 27.9 Å². The molecule has 2 aliphatic rings. The summed E-state index contributed by atoms with van der Waals surface area (Å²) >= 11 is 0. The second-order valence-corrected chi connectivity index (χ2v) is 8.71. The van der Waals surface area contributed by atoms with E-state index in [0.717, 1.165) is 11.8 Å². The lowest BCUT2D eigenvalue weighted by Crippen LogP contribution is -2.52. The Morgan fingerprint density at radius 3 is 2.78 bits per heavy atom. The number of aromatic nitrogens is 2. The molecule has 3 N–H and O–H groups in total. The summed E-state index contributed by atoms with van der Waals surface area (Å²) in [5.41, 5.74) is 0.718. The van der Waals surface area contributed by atoms with Gasteiger partial charge in [-0.05, 0) is 29.8 Å². The molecule has 0 saturated carbocycles. The van der Waals surface area contributed by atoms with Crippen molar-refractivity contribution in [3.8, 4) is 5.75 Å². The predicted molar refractivity (Wildman–Crippen MR) is 128 cm³/mol. The predicted octanol–water partition coefficient (Wildman–Crippen LogP) is 2.80. The van der Waals surface area contributed by atoms with Crippen LogP contribution in [0, 0.1) is 5.82 Å². The molecule has 1 atom stereocenters. The van der Waals surface area contributed by atoms with Gasteiger partial charge in [-0.15, -0.1) is 0 Å². The average Bonchev–Trinajstić information content (AvgIpc) is 3.52. The summed E-state index contributed by atoms with van der Waals surface area (Å²) in [4.78, 5) is 48.2. The number of halogens is 1. The molecule has 0 unspecified atom stereocenters. The van der Waals surface area contributed by atoms with Gasteiger partial charge in [-0.2, -0.15) is 0 Å². The van der Waals surface area contributed by atoms with Crippen molar-refractivity contribution in [3.63, 3.8) is 0 Å². The Morgan fingerprint density at radius 1 is 1.16 bits per heavy atom. The van der Waals surface area contributed by atoms with Crippen LogP contribution in [0.1, 0.15) is 21.7 Å². The molecule has 5 heterocycles. The zero-order chi connectivity index (χ0) is 25.7. The monoisotopic (exact) mass is 502 g/mol. The Bertz CT molecular complexity index is 1600. The minimum absolute atomic E-state index is 0.115. The highest BCUT2D eigenvalue weighted by atomic mass is 19.1. The number of rotatable bonds is 6. The number of nitrogens with one attached hydrogen (secondary N) is 3. The second-order valence-electron chi connectivity index (χ2n) is 8.71. The van der Waals surface area contributed by atoms with Crippen LogP contribution in [0.15, 0.2) is 59.3 Å². The molecule has 1 fully saturated rings. The third-order valence-electron chi connectivity index (χ3n) is 6.34. The summed E-state index contributed by atoms with van der Waals surface area (Å²) < 4.78 is 24.7. The van der Waals surface area contributed by atoms with Crippen molar-refractivity contribution in [2.75, 3.05) is 19.0 Å². The van der Waals surface area contributed by atoms with E-state index in [1.807, 2.05) is 0 Å². The van der Waals surface area contributed by atoms with E-state index in [-0.39, 0.29) is 24.8 Å². The smallest absolute Gasteiger partial charge is 0.322 e. The number of imide groups is 1. The van der Waals surface area contributed by atoms with Crippen LogP contribution >= 0.6 is 0 Å². The number of hydrogen-bond acceptors (Lipinski definition) is 8. The topological polar surface area (TPSA) is 139 Å². The number of carbonyl (C=O) groups is 3. The lowest BCUT2D eigenvalue weighted by Gasteiger charge is -2.28. The molecule has 12 heteroatoms. The van der Waals surface area contributed by atoms with Gasteiger partial charge in [0.1, 0.15) is 28.7 Å². The number of amides is 4. The fourth-order valence-corrected chi connectivity index (χ4v) is 4.57. The van der Waals surface area contributed by atoms with E-state index >= 15 is 0 Å². The first-order valence-corrected chi connectivity index (χ1v) is 11.2. The number of hydrogen-bond donors (Lipinski definition) is 3. The maximum absolute atomic E-state index is 13.5. The van der Waals surface area contributed by atoms with Gasteiger partial charge in [0.15, 0.2) is 11.1 Å². The molecular weight excluding hydrogens is 483 g/mol. The maximum atomic E-state index is 13.5. The Balaban J connectivity index is 1.34. The van der Waals surface area contributed by atoms with Crippen LogP contribution in [-0.2, 0) is 16.9 Å². The number of benzene rings is 1. The van der Waals surface area contributed by atoms with Gasteiger partial charge in [-0.1, -0.05) is 6.07 Å². The number of fused-ring (bicyclic) bond motifs is 2. The van der Waals surface area contributed by atoms with Crippen LogP contribution in [-0.4, -0.2) is 46.4 Å². The van der Waals surface area contributed by atoms with Crippen molar-refractivity contribution in [1.82, 2.24) is 25.5 Å². The molecule has 37 heavy (non-hydrogen) atoms. The average molecular weight is 502 g/mol. The van der Waals surface area contributed by atoms with E-state index in [1.165, 1.54) is 30.3 Å². The molecule has 0 spiro atoms. The molecule has 3 aromatic heterocycles. The largest absolute Gasteiger partial charge is 0.497 e. The number of anilines is 2. The zero-order valence-corrected chi connectivity index (χ0v) is 19.4. The summed E-state index contributed by atoms with van der Waals surface area (Å²) in [6.07, 6.45) is 2.54. The number of furan rings is 1.